The number of nitrogens with zero attached hydrogens (tertiary/aromatic N) is 2. The lowest BCUT2D eigenvalue weighted by Gasteiger charge is -2.32. The Balaban J connectivity index is 0.000000316. The van der Waals surface area contributed by atoms with Crippen molar-refractivity contribution in [1.82, 2.24) is 15.6 Å². The van der Waals surface area contributed by atoms with E-state index in [0.717, 1.165) is 33.7 Å². The largest absolute Gasteiger partial charge is 0.339 e. The van der Waals surface area contributed by atoms with Crippen molar-refractivity contribution >= 4 is 16.7 Å². The second-order valence-corrected chi connectivity index (χ2v) is 8.29. The van der Waals surface area contributed by atoms with Crippen LogP contribution in [0.3, 0.4) is 0 Å². The van der Waals surface area contributed by atoms with E-state index in [-0.39, 0.29) is 0 Å². The van der Waals surface area contributed by atoms with Crippen molar-refractivity contribution in [1.29, 1.82) is 0 Å². The smallest absolute Gasteiger partial charge is 0.151 e. The lowest BCUT2D eigenvalue weighted by atomic mass is 9.79. The summed E-state index contributed by atoms with van der Waals surface area (Å²) in [6.45, 7) is 14.9. The number of piperidine rings is 1. The van der Waals surface area contributed by atoms with E-state index >= 15 is 0 Å². The van der Waals surface area contributed by atoms with Gasteiger partial charge in [0.05, 0.1) is 5.52 Å². The molecule has 4 heteroatoms. The van der Waals surface area contributed by atoms with E-state index in [4.69, 9.17) is 4.98 Å². The second kappa shape index (κ2) is 12.2. The van der Waals surface area contributed by atoms with Gasteiger partial charge in [0.1, 0.15) is 5.69 Å². The molecule has 0 aliphatic carbocycles. The summed E-state index contributed by atoms with van der Waals surface area (Å²) >= 11 is 0. The predicted molar refractivity (Wildman–Crippen MR) is 136 cm³/mol. The highest BCUT2D eigenvalue weighted by Crippen LogP contribution is 2.30. The first-order chi connectivity index (χ1) is 15.0. The Kier molecular flexibility index (Phi) is 9.67. The molecule has 2 aromatic rings. The number of para-hydroxylation sites is 1. The number of aliphatic imine (C=N–C) groups is 1. The molecular weight excluding hydrogens is 380 g/mol. The summed E-state index contributed by atoms with van der Waals surface area (Å²) < 4.78 is 0. The Morgan fingerprint density at radius 2 is 2.00 bits per heavy atom. The molecule has 0 amide bonds. The summed E-state index contributed by atoms with van der Waals surface area (Å²) in [5, 5.41) is 7.81. The minimum atomic E-state index is 0.658. The van der Waals surface area contributed by atoms with Gasteiger partial charge in [0.25, 0.3) is 0 Å². The van der Waals surface area contributed by atoms with Gasteiger partial charge in [-0.15, -0.1) is 0 Å². The third-order valence-corrected chi connectivity index (χ3v) is 6.04. The Hall–Kier alpha value is -2.72. The highest BCUT2D eigenvalue weighted by atomic mass is 15.0. The number of pyridine rings is 1. The SMILES string of the molecule is C=C/C=C\C(=C\C)NC(=NC)c1ccc2cccc(C)c2n1.CCC1(C)CCNCC1. The molecule has 1 aromatic heterocycles. The van der Waals surface area contributed by atoms with Gasteiger partial charge in [-0.2, -0.15) is 0 Å². The molecule has 0 bridgehead atoms. The van der Waals surface area contributed by atoms with E-state index in [0.29, 0.717) is 5.41 Å². The highest BCUT2D eigenvalue weighted by Gasteiger charge is 2.23. The number of fused-ring (bicyclic) bond motifs is 1. The standard InChI is InChI=1S/C19H21N3.C8H17N/c1-5-7-11-16(6-2)21-19(20-4)17-13-12-15-10-8-9-14(3)18(15)22-17;1-3-8(2)4-6-9-7-5-8/h5-13H,1H2,2-4H3,(H,20,21);9H,3-7H2,1-2H3/b11-7-,16-6-;. The Labute approximate surface area is 188 Å². The van der Waals surface area contributed by atoms with Crippen LogP contribution in [0.1, 0.15) is 51.3 Å². The maximum Gasteiger partial charge on any atom is 0.151 e. The maximum atomic E-state index is 4.75. The van der Waals surface area contributed by atoms with E-state index in [1.807, 2.05) is 37.3 Å². The van der Waals surface area contributed by atoms with Crippen molar-refractivity contribution in [2.24, 2.45) is 10.4 Å². The molecule has 0 saturated carbocycles. The van der Waals surface area contributed by atoms with Gasteiger partial charge >= 0.3 is 0 Å². The van der Waals surface area contributed by atoms with Gasteiger partial charge in [0.2, 0.25) is 0 Å². The lowest BCUT2D eigenvalue weighted by Crippen LogP contribution is -2.34. The predicted octanol–water partition coefficient (Wildman–Crippen LogP) is 5.94. The van der Waals surface area contributed by atoms with Crippen LogP contribution in [0.15, 0.2) is 71.9 Å². The lowest BCUT2D eigenvalue weighted by molar-refractivity contribution is 0.221. The van der Waals surface area contributed by atoms with Crippen LogP contribution in [-0.4, -0.2) is 31.0 Å². The first-order valence-electron chi connectivity index (χ1n) is 11.2. The summed E-state index contributed by atoms with van der Waals surface area (Å²) in [5.74, 6) is 0.743. The van der Waals surface area contributed by atoms with Gasteiger partial charge in [0.15, 0.2) is 5.84 Å². The first kappa shape index (κ1) is 24.5. The summed E-state index contributed by atoms with van der Waals surface area (Å²) in [5.41, 5.74) is 4.60. The van der Waals surface area contributed by atoms with Gasteiger partial charge in [-0.25, -0.2) is 4.98 Å². The van der Waals surface area contributed by atoms with Crippen molar-refractivity contribution in [3.8, 4) is 0 Å². The van der Waals surface area contributed by atoms with Gasteiger partial charge in [0, 0.05) is 18.1 Å². The number of aryl methyl sites for hydroxylation is 1. The Morgan fingerprint density at radius 3 is 2.58 bits per heavy atom. The molecule has 0 atom stereocenters. The van der Waals surface area contributed by atoms with Gasteiger partial charge in [-0.05, 0) is 62.9 Å². The number of amidine groups is 1. The zero-order valence-corrected chi connectivity index (χ0v) is 19.8. The number of hydrogen-bond donors (Lipinski definition) is 2. The maximum absolute atomic E-state index is 4.75. The molecule has 4 nitrogen and oxygen atoms in total. The summed E-state index contributed by atoms with van der Waals surface area (Å²) in [7, 11) is 1.76. The summed E-state index contributed by atoms with van der Waals surface area (Å²) in [4.78, 5) is 9.08. The number of aromatic nitrogens is 1. The van der Waals surface area contributed by atoms with Crippen LogP contribution >= 0.6 is 0 Å². The van der Waals surface area contributed by atoms with Crippen LogP contribution in [0.2, 0.25) is 0 Å². The van der Waals surface area contributed by atoms with Crippen LogP contribution in [0, 0.1) is 12.3 Å². The fourth-order valence-electron chi connectivity index (χ4n) is 3.56. The molecule has 3 rings (SSSR count). The first-order valence-corrected chi connectivity index (χ1v) is 11.2. The third kappa shape index (κ3) is 7.18. The molecule has 0 spiro atoms. The number of benzene rings is 1. The molecule has 1 aliphatic heterocycles. The molecule has 2 heterocycles. The quantitative estimate of drug-likeness (QED) is 0.359. The highest BCUT2D eigenvalue weighted by molar-refractivity contribution is 6.00. The third-order valence-electron chi connectivity index (χ3n) is 6.04. The van der Waals surface area contributed by atoms with E-state index in [1.54, 1.807) is 13.1 Å². The van der Waals surface area contributed by atoms with Crippen LogP contribution in [0.4, 0.5) is 0 Å². The van der Waals surface area contributed by atoms with Crippen molar-refractivity contribution in [2.75, 3.05) is 20.1 Å². The van der Waals surface area contributed by atoms with E-state index in [1.165, 1.54) is 32.4 Å². The molecule has 166 valence electrons. The monoisotopic (exact) mass is 418 g/mol. The Morgan fingerprint density at radius 1 is 1.26 bits per heavy atom. The molecule has 1 aromatic carbocycles. The van der Waals surface area contributed by atoms with E-state index < -0.39 is 0 Å². The minimum absolute atomic E-state index is 0.658. The number of hydrogen-bond acceptors (Lipinski definition) is 3. The van der Waals surface area contributed by atoms with Crippen molar-refractivity contribution in [2.45, 2.75) is 47.0 Å². The molecular formula is C27H38N4. The normalized spacial score (nSPS) is 16.7. The second-order valence-electron chi connectivity index (χ2n) is 8.29. The van der Waals surface area contributed by atoms with E-state index in [9.17, 15) is 0 Å². The van der Waals surface area contributed by atoms with Crippen LogP contribution < -0.4 is 10.6 Å². The number of rotatable bonds is 5. The molecule has 0 radical (unpaired) electrons. The van der Waals surface area contributed by atoms with Crippen LogP contribution in [-0.2, 0) is 0 Å². The molecule has 0 unspecified atom stereocenters. The zero-order chi connectivity index (χ0) is 22.7. The number of nitrogens with one attached hydrogen (secondary N) is 2. The van der Waals surface area contributed by atoms with Crippen molar-refractivity contribution in [3.63, 3.8) is 0 Å². The summed E-state index contributed by atoms with van der Waals surface area (Å²) in [6.07, 6.45) is 11.6. The van der Waals surface area contributed by atoms with Crippen LogP contribution in [0.5, 0.6) is 0 Å². The fraction of sp³-hybridized carbons (Fsp3) is 0.407. The topological polar surface area (TPSA) is 49.3 Å². The molecule has 1 saturated heterocycles. The van der Waals surface area contributed by atoms with Crippen molar-refractivity contribution < 1.29 is 0 Å². The zero-order valence-electron chi connectivity index (χ0n) is 19.8. The fourth-order valence-corrected chi connectivity index (χ4v) is 3.56. The number of allylic oxidation sites excluding steroid dienone is 4. The molecule has 2 N–H and O–H groups in total. The molecule has 1 fully saturated rings. The van der Waals surface area contributed by atoms with Crippen LogP contribution in [0.25, 0.3) is 10.9 Å². The van der Waals surface area contributed by atoms with Gasteiger partial charge in [-0.1, -0.05) is 69.3 Å². The molecule has 1 aliphatic rings. The van der Waals surface area contributed by atoms with E-state index in [2.05, 4.69) is 61.2 Å². The van der Waals surface area contributed by atoms with Crippen molar-refractivity contribution in [3.05, 3.63) is 78.2 Å². The van der Waals surface area contributed by atoms with Gasteiger partial charge in [-0.3, -0.25) is 4.99 Å². The minimum Gasteiger partial charge on any atom is -0.339 e. The Bertz CT molecular complexity index is 947. The molecule has 31 heavy (non-hydrogen) atoms. The average Bonchev–Trinajstić information content (AvgIpc) is 2.80. The van der Waals surface area contributed by atoms with Gasteiger partial charge < -0.3 is 10.6 Å². The average molecular weight is 419 g/mol. The summed E-state index contributed by atoms with van der Waals surface area (Å²) in [6, 6.07) is 10.2.